The lowest BCUT2D eigenvalue weighted by molar-refractivity contribution is -0.146. The highest BCUT2D eigenvalue weighted by Crippen LogP contribution is 2.28. The summed E-state index contributed by atoms with van der Waals surface area (Å²) in [4.78, 5) is 16.6. The first-order valence-electron chi connectivity index (χ1n) is 9.19. The van der Waals surface area contributed by atoms with E-state index in [0.29, 0.717) is 38.3 Å². The molecule has 0 unspecified atom stereocenters. The minimum Gasteiger partial charge on any atom is -0.355 e. The van der Waals surface area contributed by atoms with Crippen LogP contribution in [0.2, 0.25) is 0 Å². The molecule has 4 heterocycles. The summed E-state index contributed by atoms with van der Waals surface area (Å²) >= 11 is 1.65. The smallest absolute Gasteiger partial charge is 0.355 e. The molecule has 0 aliphatic carbocycles. The number of aryl methyl sites for hydroxylation is 1. The molecular weight excluding hydrogens is 405 g/mol. The van der Waals surface area contributed by atoms with Gasteiger partial charge in [0.15, 0.2) is 5.65 Å². The highest BCUT2D eigenvalue weighted by molar-refractivity contribution is 7.11. The molecule has 29 heavy (non-hydrogen) atoms. The van der Waals surface area contributed by atoms with Crippen LogP contribution in [0.25, 0.3) is 5.65 Å². The zero-order valence-electron chi connectivity index (χ0n) is 15.6. The van der Waals surface area contributed by atoms with Crippen LogP contribution in [-0.4, -0.2) is 38.8 Å². The van der Waals surface area contributed by atoms with Crippen LogP contribution < -0.4 is 10.2 Å². The van der Waals surface area contributed by atoms with Gasteiger partial charge in [-0.15, -0.1) is 26.6 Å². The van der Waals surface area contributed by atoms with Gasteiger partial charge in [-0.25, -0.2) is 0 Å². The Bertz CT molecular complexity index is 1020. The number of halogens is 3. The second-order valence-corrected chi connectivity index (χ2v) is 8.35. The van der Waals surface area contributed by atoms with Crippen LogP contribution in [0.4, 0.5) is 19.0 Å². The highest BCUT2D eigenvalue weighted by atomic mass is 32.1. The molecule has 0 bridgehead atoms. The molecule has 0 aromatic carbocycles. The van der Waals surface area contributed by atoms with Crippen LogP contribution in [-0.2, 0) is 17.5 Å². The maximum atomic E-state index is 13.0. The number of fused-ring (bicyclic) bond motifs is 1. The van der Waals surface area contributed by atoms with Crippen LogP contribution in [0.5, 0.6) is 0 Å². The zero-order valence-corrected chi connectivity index (χ0v) is 16.4. The fourth-order valence-corrected chi connectivity index (χ4v) is 4.22. The van der Waals surface area contributed by atoms with Gasteiger partial charge in [0.05, 0.1) is 6.54 Å². The van der Waals surface area contributed by atoms with Crippen molar-refractivity contribution in [3.05, 3.63) is 39.8 Å². The van der Waals surface area contributed by atoms with Gasteiger partial charge in [0.25, 0.3) is 5.82 Å². The van der Waals surface area contributed by atoms with Crippen molar-refractivity contribution in [2.24, 2.45) is 5.92 Å². The quantitative estimate of drug-likeness (QED) is 0.697. The van der Waals surface area contributed by atoms with Crippen molar-refractivity contribution in [3.8, 4) is 0 Å². The van der Waals surface area contributed by atoms with Crippen molar-refractivity contribution in [1.29, 1.82) is 0 Å². The average molecular weight is 424 g/mol. The number of thiophene rings is 1. The van der Waals surface area contributed by atoms with E-state index in [1.54, 1.807) is 17.4 Å². The Morgan fingerprint density at radius 1 is 1.21 bits per heavy atom. The number of rotatable bonds is 4. The maximum absolute atomic E-state index is 13.0. The molecule has 154 valence electrons. The first kappa shape index (κ1) is 19.6. The third kappa shape index (κ3) is 4.19. The van der Waals surface area contributed by atoms with Gasteiger partial charge < -0.3 is 10.2 Å². The summed E-state index contributed by atoms with van der Waals surface area (Å²) < 4.78 is 39.8. The third-order valence-electron chi connectivity index (χ3n) is 4.92. The largest absolute Gasteiger partial charge is 0.453 e. The molecular formula is C18H19F3N6OS. The van der Waals surface area contributed by atoms with E-state index in [4.69, 9.17) is 0 Å². The van der Waals surface area contributed by atoms with Crippen LogP contribution in [0.3, 0.4) is 0 Å². The Balaban J connectivity index is 1.38. The summed E-state index contributed by atoms with van der Waals surface area (Å²) in [6.07, 6.45) is -3.40. The number of carbonyl (C=O) groups excluding carboxylic acids is 1. The summed E-state index contributed by atoms with van der Waals surface area (Å²) in [6, 6.07) is 7.12. The lowest BCUT2D eigenvalue weighted by atomic mass is 9.96. The third-order valence-corrected chi connectivity index (χ3v) is 5.93. The van der Waals surface area contributed by atoms with E-state index in [9.17, 15) is 18.0 Å². The van der Waals surface area contributed by atoms with Crippen molar-refractivity contribution in [1.82, 2.24) is 25.1 Å². The van der Waals surface area contributed by atoms with E-state index in [2.05, 4.69) is 20.6 Å². The van der Waals surface area contributed by atoms with Gasteiger partial charge in [0.2, 0.25) is 5.91 Å². The van der Waals surface area contributed by atoms with Gasteiger partial charge in [-0.1, -0.05) is 0 Å². The number of hydrogen-bond donors (Lipinski definition) is 1. The molecule has 7 nitrogen and oxygen atoms in total. The molecule has 1 saturated heterocycles. The molecule has 1 fully saturated rings. The fourth-order valence-electron chi connectivity index (χ4n) is 3.39. The van der Waals surface area contributed by atoms with Gasteiger partial charge in [-0.05, 0) is 44.0 Å². The number of amides is 1. The Kier molecular flexibility index (Phi) is 5.15. The predicted molar refractivity (Wildman–Crippen MR) is 102 cm³/mol. The minimum atomic E-state index is -4.63. The second-order valence-electron chi connectivity index (χ2n) is 6.97. The molecule has 0 saturated carbocycles. The monoisotopic (exact) mass is 424 g/mol. The molecule has 3 aromatic heterocycles. The molecule has 0 atom stereocenters. The number of aromatic nitrogens is 4. The summed E-state index contributed by atoms with van der Waals surface area (Å²) in [5, 5.41) is 13.7. The first-order chi connectivity index (χ1) is 13.8. The molecule has 1 aliphatic rings. The zero-order chi connectivity index (χ0) is 20.6. The van der Waals surface area contributed by atoms with Crippen LogP contribution in [0.1, 0.15) is 28.4 Å². The minimum absolute atomic E-state index is 0.0114. The standard InChI is InChI=1S/C18H19F3N6OS/c1-11-2-3-13(29-11)10-22-16(28)12-6-8-26(9-7-12)15-5-4-14-23-24-17(18(19,20)21)27(14)25-15/h2-5,12H,6-10H2,1H3,(H,22,28). The number of nitrogens with one attached hydrogen (secondary N) is 1. The Labute approximate surface area is 168 Å². The van der Waals surface area contributed by atoms with Gasteiger partial charge in [-0.2, -0.15) is 17.7 Å². The lowest BCUT2D eigenvalue weighted by Gasteiger charge is -2.32. The summed E-state index contributed by atoms with van der Waals surface area (Å²) in [7, 11) is 0. The SMILES string of the molecule is Cc1ccc(CNC(=O)C2CCN(c3ccc4nnc(C(F)(F)F)n4n3)CC2)s1. The van der Waals surface area contributed by atoms with Crippen molar-refractivity contribution in [2.45, 2.75) is 32.5 Å². The van der Waals surface area contributed by atoms with Crippen molar-refractivity contribution >= 4 is 28.7 Å². The molecule has 1 N–H and O–H groups in total. The van der Waals surface area contributed by atoms with Crippen LogP contribution in [0, 0.1) is 12.8 Å². The highest BCUT2D eigenvalue weighted by Gasteiger charge is 2.38. The number of nitrogens with zero attached hydrogens (tertiary/aromatic N) is 5. The van der Waals surface area contributed by atoms with E-state index >= 15 is 0 Å². The van der Waals surface area contributed by atoms with Crippen LogP contribution >= 0.6 is 11.3 Å². The summed E-state index contributed by atoms with van der Waals surface area (Å²) in [6.45, 7) is 3.62. The molecule has 4 rings (SSSR count). The topological polar surface area (TPSA) is 75.4 Å². The second kappa shape index (κ2) is 7.62. The van der Waals surface area contributed by atoms with Gasteiger partial charge in [0.1, 0.15) is 5.82 Å². The summed E-state index contributed by atoms with van der Waals surface area (Å²) in [5.41, 5.74) is 0.0409. The average Bonchev–Trinajstić information content (AvgIpc) is 3.31. The molecule has 3 aromatic rings. The number of alkyl halides is 3. The lowest BCUT2D eigenvalue weighted by Crippen LogP contribution is -2.40. The normalized spacial score (nSPS) is 15.8. The predicted octanol–water partition coefficient (Wildman–Crippen LogP) is 3.05. The van der Waals surface area contributed by atoms with E-state index in [1.807, 2.05) is 24.0 Å². The van der Waals surface area contributed by atoms with E-state index in [1.165, 1.54) is 10.9 Å². The van der Waals surface area contributed by atoms with Crippen LogP contribution in [0.15, 0.2) is 24.3 Å². The molecule has 0 radical (unpaired) electrons. The maximum Gasteiger partial charge on any atom is 0.453 e. The van der Waals surface area contributed by atoms with Crippen molar-refractivity contribution < 1.29 is 18.0 Å². The number of piperidine rings is 1. The molecule has 1 aliphatic heterocycles. The Hall–Kier alpha value is -2.69. The van der Waals surface area contributed by atoms with Gasteiger partial charge >= 0.3 is 6.18 Å². The Morgan fingerprint density at radius 3 is 2.62 bits per heavy atom. The van der Waals surface area contributed by atoms with Crippen molar-refractivity contribution in [2.75, 3.05) is 18.0 Å². The summed E-state index contributed by atoms with van der Waals surface area (Å²) in [5.74, 6) is -0.836. The number of carbonyl (C=O) groups is 1. The van der Waals surface area contributed by atoms with Gasteiger partial charge in [0, 0.05) is 28.8 Å². The van der Waals surface area contributed by atoms with E-state index < -0.39 is 12.0 Å². The molecule has 0 spiro atoms. The van der Waals surface area contributed by atoms with Crippen molar-refractivity contribution in [3.63, 3.8) is 0 Å². The van der Waals surface area contributed by atoms with E-state index in [0.717, 1.165) is 9.39 Å². The molecule has 11 heteroatoms. The number of anilines is 1. The fraction of sp³-hybridized carbons (Fsp3) is 0.444. The Morgan fingerprint density at radius 2 is 1.97 bits per heavy atom. The first-order valence-corrected chi connectivity index (χ1v) is 10.0. The van der Waals surface area contributed by atoms with E-state index in [-0.39, 0.29) is 17.5 Å². The van der Waals surface area contributed by atoms with Gasteiger partial charge in [-0.3, -0.25) is 4.79 Å². The molecule has 1 amide bonds. The number of hydrogen-bond acceptors (Lipinski definition) is 6.